The Labute approximate surface area is 122 Å². The first kappa shape index (κ1) is 13.8. The highest BCUT2D eigenvalue weighted by molar-refractivity contribution is 8.07. The third-order valence-electron chi connectivity index (χ3n) is 3.94. The second kappa shape index (κ2) is 6.06. The van der Waals surface area contributed by atoms with Gasteiger partial charge in [-0.15, -0.1) is 11.8 Å². The number of aromatic nitrogens is 2. The quantitative estimate of drug-likeness (QED) is 0.906. The van der Waals surface area contributed by atoms with Crippen LogP contribution in [0.5, 0.6) is 0 Å². The van der Waals surface area contributed by atoms with E-state index in [2.05, 4.69) is 29.3 Å². The van der Waals surface area contributed by atoms with Crippen LogP contribution in [0.4, 0.5) is 0 Å². The minimum absolute atomic E-state index is 0.394. The van der Waals surface area contributed by atoms with Crippen LogP contribution in [0.3, 0.4) is 0 Å². The smallest absolute Gasteiger partial charge is 0.231 e. The minimum Gasteiger partial charge on any atom is -0.339 e. The normalized spacial score (nSPS) is 36.3. The zero-order chi connectivity index (χ0) is 13.2. The van der Waals surface area contributed by atoms with Gasteiger partial charge in [0.15, 0.2) is 5.82 Å². The Morgan fingerprint density at radius 3 is 2.95 bits per heavy atom. The lowest BCUT2D eigenvalue weighted by Crippen LogP contribution is -2.28. The molecule has 1 aromatic heterocycles. The van der Waals surface area contributed by atoms with E-state index >= 15 is 0 Å². The van der Waals surface area contributed by atoms with Gasteiger partial charge in [-0.05, 0) is 19.4 Å². The van der Waals surface area contributed by atoms with E-state index in [1.165, 1.54) is 6.42 Å². The monoisotopic (exact) mass is 299 g/mol. The van der Waals surface area contributed by atoms with Crippen molar-refractivity contribution >= 4 is 23.5 Å². The van der Waals surface area contributed by atoms with Crippen molar-refractivity contribution in [2.24, 2.45) is 0 Å². The summed E-state index contributed by atoms with van der Waals surface area (Å²) in [6, 6.07) is 0. The lowest BCUT2D eigenvalue weighted by Gasteiger charge is -2.29. The van der Waals surface area contributed by atoms with Crippen LogP contribution in [0.15, 0.2) is 4.52 Å². The fourth-order valence-corrected chi connectivity index (χ4v) is 5.36. The second-order valence-electron chi connectivity index (χ2n) is 5.40. The van der Waals surface area contributed by atoms with Crippen LogP contribution in [0.2, 0.25) is 0 Å². The van der Waals surface area contributed by atoms with E-state index in [4.69, 9.17) is 4.52 Å². The maximum absolute atomic E-state index is 5.50. The summed E-state index contributed by atoms with van der Waals surface area (Å²) in [5, 5.41) is 9.39. The molecule has 106 valence electrons. The van der Waals surface area contributed by atoms with Gasteiger partial charge >= 0.3 is 0 Å². The average Bonchev–Trinajstić information content (AvgIpc) is 2.93. The van der Waals surface area contributed by atoms with E-state index in [1.807, 2.05) is 23.5 Å². The number of hydrogen-bond acceptors (Lipinski definition) is 6. The van der Waals surface area contributed by atoms with Gasteiger partial charge in [-0.3, -0.25) is 0 Å². The van der Waals surface area contributed by atoms with Crippen LogP contribution in [0, 0.1) is 0 Å². The summed E-state index contributed by atoms with van der Waals surface area (Å²) in [6.45, 7) is 6.68. The van der Waals surface area contributed by atoms with Crippen molar-refractivity contribution in [2.45, 2.75) is 48.4 Å². The van der Waals surface area contributed by atoms with Crippen LogP contribution < -0.4 is 5.32 Å². The molecule has 2 aliphatic rings. The molecule has 2 fully saturated rings. The zero-order valence-electron chi connectivity index (χ0n) is 11.5. The number of nitrogens with zero attached hydrogens (tertiary/aromatic N) is 2. The van der Waals surface area contributed by atoms with E-state index < -0.39 is 0 Å². The molecule has 0 saturated carbocycles. The molecule has 0 radical (unpaired) electrons. The molecule has 3 rings (SSSR count). The molecule has 0 spiro atoms. The summed E-state index contributed by atoms with van der Waals surface area (Å²) < 4.78 is 5.50. The van der Waals surface area contributed by atoms with Crippen molar-refractivity contribution in [1.82, 2.24) is 15.5 Å². The van der Waals surface area contributed by atoms with Gasteiger partial charge in [-0.1, -0.05) is 19.0 Å². The fraction of sp³-hybridized carbons (Fsp3) is 0.846. The van der Waals surface area contributed by atoms with Gasteiger partial charge in [-0.2, -0.15) is 16.7 Å². The molecule has 4 atom stereocenters. The van der Waals surface area contributed by atoms with Crippen LogP contribution >= 0.6 is 23.5 Å². The van der Waals surface area contributed by atoms with Crippen LogP contribution in [-0.2, 0) is 0 Å². The van der Waals surface area contributed by atoms with Gasteiger partial charge in [0.25, 0.3) is 0 Å². The van der Waals surface area contributed by atoms with Gasteiger partial charge in [0.05, 0.1) is 11.2 Å². The summed E-state index contributed by atoms with van der Waals surface area (Å²) >= 11 is 4.01. The molecule has 3 heterocycles. The van der Waals surface area contributed by atoms with E-state index in [1.54, 1.807) is 0 Å². The number of thioether (sulfide) groups is 2. The summed E-state index contributed by atoms with van der Waals surface area (Å²) in [6.07, 6.45) is 2.36. The molecule has 0 bridgehead atoms. The van der Waals surface area contributed by atoms with Gasteiger partial charge in [0.2, 0.25) is 5.89 Å². The maximum Gasteiger partial charge on any atom is 0.231 e. The molecule has 6 heteroatoms. The molecule has 4 nitrogen and oxygen atoms in total. The topological polar surface area (TPSA) is 51.0 Å². The van der Waals surface area contributed by atoms with Crippen molar-refractivity contribution in [3.63, 3.8) is 0 Å². The van der Waals surface area contributed by atoms with Gasteiger partial charge in [-0.25, -0.2) is 0 Å². The lowest BCUT2D eigenvalue weighted by atomic mass is 10.00. The van der Waals surface area contributed by atoms with Crippen molar-refractivity contribution in [2.75, 3.05) is 18.8 Å². The summed E-state index contributed by atoms with van der Waals surface area (Å²) in [4.78, 5) is 4.67. The molecule has 3 unspecified atom stereocenters. The highest BCUT2D eigenvalue weighted by atomic mass is 32.2. The Bertz CT molecular complexity index is 420. The van der Waals surface area contributed by atoms with E-state index in [-0.39, 0.29) is 0 Å². The Hall–Kier alpha value is -0.200. The molecule has 0 aromatic carbocycles. The highest BCUT2D eigenvalue weighted by Gasteiger charge is 2.31. The largest absolute Gasteiger partial charge is 0.339 e. The summed E-state index contributed by atoms with van der Waals surface area (Å²) in [5.41, 5.74) is 0. The molecule has 19 heavy (non-hydrogen) atoms. The van der Waals surface area contributed by atoms with Crippen LogP contribution in [0.25, 0.3) is 0 Å². The van der Waals surface area contributed by atoms with Crippen LogP contribution in [0.1, 0.15) is 49.6 Å². The molecule has 1 aromatic rings. The number of nitrogens with one attached hydrogen (secondary N) is 1. The van der Waals surface area contributed by atoms with Gasteiger partial charge < -0.3 is 9.84 Å². The Morgan fingerprint density at radius 2 is 2.21 bits per heavy atom. The number of rotatable bonds is 2. The predicted octanol–water partition coefficient (Wildman–Crippen LogP) is 2.83. The molecular weight excluding hydrogens is 278 g/mol. The number of piperidine rings is 1. The van der Waals surface area contributed by atoms with Gasteiger partial charge in [0.1, 0.15) is 0 Å². The molecular formula is C13H21N3OS2. The zero-order valence-corrected chi connectivity index (χ0v) is 13.1. The fourth-order valence-electron chi connectivity index (χ4n) is 2.53. The predicted molar refractivity (Wildman–Crippen MR) is 80.9 cm³/mol. The third-order valence-corrected chi connectivity index (χ3v) is 7.33. The van der Waals surface area contributed by atoms with Gasteiger partial charge in [0, 0.05) is 22.8 Å². The first-order chi connectivity index (χ1) is 9.24. The maximum atomic E-state index is 5.50. The molecule has 2 aliphatic heterocycles. The summed E-state index contributed by atoms with van der Waals surface area (Å²) in [7, 11) is 0. The van der Waals surface area contributed by atoms with E-state index in [0.717, 1.165) is 42.2 Å². The number of hydrogen-bond donors (Lipinski definition) is 1. The first-order valence-electron chi connectivity index (χ1n) is 7.05. The van der Waals surface area contributed by atoms with Crippen LogP contribution in [-0.4, -0.2) is 39.5 Å². The van der Waals surface area contributed by atoms with E-state index in [0.29, 0.717) is 16.4 Å². The molecule has 0 aliphatic carbocycles. The summed E-state index contributed by atoms with van der Waals surface area (Å²) in [5.74, 6) is 3.24. The molecule has 2 saturated heterocycles. The van der Waals surface area contributed by atoms with Crippen molar-refractivity contribution in [3.8, 4) is 0 Å². The minimum atomic E-state index is 0.394. The Kier molecular flexibility index (Phi) is 4.39. The molecule has 0 amide bonds. The first-order valence-corrected chi connectivity index (χ1v) is 9.04. The highest BCUT2D eigenvalue weighted by Crippen LogP contribution is 2.43. The third kappa shape index (κ3) is 3.11. The van der Waals surface area contributed by atoms with Crippen molar-refractivity contribution < 1.29 is 4.52 Å². The average molecular weight is 299 g/mol. The molecule has 1 N–H and O–H groups in total. The lowest BCUT2D eigenvalue weighted by molar-refractivity contribution is 0.320. The standard InChI is InChI=1S/C13H21N3OS2/c1-8-9(2)19-11(7-18-8)12-15-13(17-16-12)10-4-3-5-14-6-10/h8-11,14H,3-7H2,1-2H3/t8?,9?,10-,11?/m1/s1. The SMILES string of the molecule is CC1SCC(c2noc([C@@H]3CCCNC3)n2)SC1C. The van der Waals surface area contributed by atoms with Crippen molar-refractivity contribution in [3.05, 3.63) is 11.7 Å². The van der Waals surface area contributed by atoms with E-state index in [9.17, 15) is 0 Å². The Balaban J connectivity index is 1.67. The van der Waals surface area contributed by atoms with Crippen molar-refractivity contribution in [1.29, 1.82) is 0 Å². The second-order valence-corrected chi connectivity index (χ2v) is 8.40. The Morgan fingerprint density at radius 1 is 1.32 bits per heavy atom.